The number of Topliss-reactive ketones (excluding diaryl/α,β-unsaturated/α-hetero) is 1. The van der Waals surface area contributed by atoms with Gasteiger partial charge in [0, 0.05) is 6.42 Å². The molecular weight excluding hydrogens is 384 g/mol. The molecule has 3 aliphatic rings. The van der Waals surface area contributed by atoms with E-state index in [0.29, 0.717) is 35.5 Å². The van der Waals surface area contributed by atoms with Crippen LogP contribution >= 0.6 is 0 Å². The standard InChI is InChI=1S/C28H34O3/c1-17-13-22(18-5-2-6-18)15-26(30)28(17)27(31)16-23(19-7-3-8-19)21-11-12-25(29)24(14-21)20-9-4-10-20/h11-15,18-20,23,29-30H,2-10,16H2,1H3. The molecule has 164 valence electrons. The second-order valence-corrected chi connectivity index (χ2v) is 10.2. The number of rotatable bonds is 7. The lowest BCUT2D eigenvalue weighted by Gasteiger charge is -2.35. The summed E-state index contributed by atoms with van der Waals surface area (Å²) in [5.74, 6) is 2.27. The van der Waals surface area contributed by atoms with Crippen molar-refractivity contribution in [3.05, 3.63) is 58.1 Å². The van der Waals surface area contributed by atoms with Gasteiger partial charge in [0.05, 0.1) is 5.56 Å². The number of phenolic OH excluding ortho intramolecular Hbond substituents is 2. The molecule has 1 unspecified atom stereocenters. The molecule has 3 fully saturated rings. The lowest BCUT2D eigenvalue weighted by atomic mass is 9.69. The molecule has 1 atom stereocenters. The van der Waals surface area contributed by atoms with Gasteiger partial charge in [-0.25, -0.2) is 0 Å². The van der Waals surface area contributed by atoms with Crippen molar-refractivity contribution in [3.8, 4) is 11.5 Å². The highest BCUT2D eigenvalue weighted by atomic mass is 16.3. The Morgan fingerprint density at radius 2 is 1.58 bits per heavy atom. The topological polar surface area (TPSA) is 57.5 Å². The third-order valence-corrected chi connectivity index (χ3v) is 8.34. The van der Waals surface area contributed by atoms with Gasteiger partial charge in [0.15, 0.2) is 5.78 Å². The Bertz CT molecular complexity index is 957. The zero-order valence-corrected chi connectivity index (χ0v) is 18.6. The molecule has 0 heterocycles. The number of hydrogen-bond acceptors (Lipinski definition) is 3. The number of hydrogen-bond donors (Lipinski definition) is 2. The van der Waals surface area contributed by atoms with Crippen molar-refractivity contribution in [3.63, 3.8) is 0 Å². The Morgan fingerprint density at radius 1 is 0.903 bits per heavy atom. The largest absolute Gasteiger partial charge is 0.508 e. The van der Waals surface area contributed by atoms with Crippen LogP contribution in [0.4, 0.5) is 0 Å². The van der Waals surface area contributed by atoms with E-state index in [2.05, 4.69) is 12.1 Å². The molecule has 31 heavy (non-hydrogen) atoms. The quantitative estimate of drug-likeness (QED) is 0.472. The van der Waals surface area contributed by atoms with Gasteiger partial charge in [-0.3, -0.25) is 4.79 Å². The average Bonchev–Trinajstić information content (AvgIpc) is 2.58. The number of ketones is 1. The summed E-state index contributed by atoms with van der Waals surface area (Å²) in [6, 6.07) is 9.96. The molecule has 5 rings (SSSR count). The number of aromatic hydroxyl groups is 2. The van der Waals surface area contributed by atoms with Crippen molar-refractivity contribution >= 4 is 5.78 Å². The van der Waals surface area contributed by atoms with Crippen LogP contribution in [0.25, 0.3) is 0 Å². The van der Waals surface area contributed by atoms with E-state index in [9.17, 15) is 15.0 Å². The van der Waals surface area contributed by atoms with Crippen LogP contribution in [-0.4, -0.2) is 16.0 Å². The number of carbonyl (C=O) groups excluding carboxylic acids is 1. The van der Waals surface area contributed by atoms with Crippen LogP contribution in [0.2, 0.25) is 0 Å². The number of benzene rings is 2. The molecule has 3 saturated carbocycles. The third kappa shape index (κ3) is 3.88. The van der Waals surface area contributed by atoms with Crippen LogP contribution in [0, 0.1) is 12.8 Å². The van der Waals surface area contributed by atoms with E-state index >= 15 is 0 Å². The summed E-state index contributed by atoms with van der Waals surface area (Å²) >= 11 is 0. The molecule has 3 aliphatic carbocycles. The summed E-state index contributed by atoms with van der Waals surface area (Å²) < 4.78 is 0. The molecule has 0 amide bonds. The fraction of sp³-hybridized carbons (Fsp3) is 0.536. The van der Waals surface area contributed by atoms with E-state index in [4.69, 9.17) is 0 Å². The van der Waals surface area contributed by atoms with E-state index in [-0.39, 0.29) is 17.5 Å². The minimum absolute atomic E-state index is 0.0466. The fourth-order valence-electron chi connectivity index (χ4n) is 5.69. The number of phenols is 2. The Kier molecular flexibility index (Phi) is 5.54. The minimum Gasteiger partial charge on any atom is -0.508 e. The second kappa shape index (κ2) is 8.33. The van der Waals surface area contributed by atoms with Gasteiger partial charge >= 0.3 is 0 Å². The molecule has 0 radical (unpaired) electrons. The van der Waals surface area contributed by atoms with Crippen LogP contribution in [-0.2, 0) is 0 Å². The van der Waals surface area contributed by atoms with Gasteiger partial charge in [-0.05, 0) is 104 Å². The van der Waals surface area contributed by atoms with Crippen LogP contribution in [0.5, 0.6) is 11.5 Å². The van der Waals surface area contributed by atoms with E-state index in [1.165, 1.54) is 43.2 Å². The van der Waals surface area contributed by atoms with Gasteiger partial charge in [-0.2, -0.15) is 0 Å². The van der Waals surface area contributed by atoms with Crippen molar-refractivity contribution in [2.45, 2.75) is 88.9 Å². The van der Waals surface area contributed by atoms with Crippen LogP contribution < -0.4 is 0 Å². The highest BCUT2D eigenvalue weighted by Crippen LogP contribution is 2.46. The molecule has 0 aromatic heterocycles. The Morgan fingerprint density at radius 3 is 2.13 bits per heavy atom. The van der Waals surface area contributed by atoms with Crippen LogP contribution in [0.15, 0.2) is 30.3 Å². The number of aryl methyl sites for hydroxylation is 1. The smallest absolute Gasteiger partial charge is 0.167 e. The summed E-state index contributed by atoms with van der Waals surface area (Å²) in [6.45, 7) is 1.96. The zero-order chi connectivity index (χ0) is 21.5. The van der Waals surface area contributed by atoms with Gasteiger partial charge in [0.2, 0.25) is 0 Å². The predicted octanol–water partition coefficient (Wildman–Crippen LogP) is 7.10. The molecule has 0 spiro atoms. The van der Waals surface area contributed by atoms with Gasteiger partial charge in [0.1, 0.15) is 11.5 Å². The molecular formula is C28H34O3. The molecule has 3 nitrogen and oxygen atoms in total. The lowest BCUT2D eigenvalue weighted by Crippen LogP contribution is -2.23. The van der Waals surface area contributed by atoms with Crippen LogP contribution in [0.3, 0.4) is 0 Å². The monoisotopic (exact) mass is 418 g/mol. The SMILES string of the molecule is Cc1cc(C2CCC2)cc(O)c1C(=O)CC(c1ccc(O)c(C2CCC2)c1)C1CCC1. The normalized spacial score (nSPS) is 20.5. The molecule has 0 saturated heterocycles. The third-order valence-electron chi connectivity index (χ3n) is 8.34. The maximum Gasteiger partial charge on any atom is 0.167 e. The first-order valence-corrected chi connectivity index (χ1v) is 12.2. The van der Waals surface area contributed by atoms with Crippen LogP contribution in [0.1, 0.15) is 115 Å². The second-order valence-electron chi connectivity index (χ2n) is 10.2. The summed E-state index contributed by atoms with van der Waals surface area (Å²) in [6.07, 6.45) is 11.1. The highest BCUT2D eigenvalue weighted by Gasteiger charge is 2.33. The van der Waals surface area contributed by atoms with E-state index in [1.54, 1.807) is 0 Å². The first kappa shape index (κ1) is 20.6. The van der Waals surface area contributed by atoms with Gasteiger partial charge in [-0.15, -0.1) is 0 Å². The molecule has 3 heteroatoms. The minimum atomic E-state index is 0.0466. The fourth-order valence-corrected chi connectivity index (χ4v) is 5.69. The lowest BCUT2D eigenvalue weighted by molar-refractivity contribution is 0.0947. The average molecular weight is 419 g/mol. The van der Waals surface area contributed by atoms with Crippen molar-refractivity contribution in [2.75, 3.05) is 0 Å². The summed E-state index contributed by atoms with van der Waals surface area (Å²) in [5.41, 5.74) is 4.83. The first-order valence-electron chi connectivity index (χ1n) is 12.2. The van der Waals surface area contributed by atoms with E-state index in [1.807, 2.05) is 25.1 Å². The van der Waals surface area contributed by atoms with Gasteiger partial charge in [0.25, 0.3) is 0 Å². The molecule has 0 aliphatic heterocycles. The van der Waals surface area contributed by atoms with E-state index in [0.717, 1.165) is 36.8 Å². The zero-order valence-electron chi connectivity index (χ0n) is 18.6. The maximum atomic E-state index is 13.4. The van der Waals surface area contributed by atoms with Gasteiger partial charge in [-0.1, -0.05) is 37.5 Å². The van der Waals surface area contributed by atoms with Gasteiger partial charge < -0.3 is 10.2 Å². The molecule has 2 N–H and O–H groups in total. The summed E-state index contributed by atoms with van der Waals surface area (Å²) in [5, 5.41) is 21.1. The van der Waals surface area contributed by atoms with Crippen molar-refractivity contribution in [1.82, 2.24) is 0 Å². The van der Waals surface area contributed by atoms with Crippen molar-refractivity contribution in [2.24, 2.45) is 5.92 Å². The molecule has 2 aromatic carbocycles. The Hall–Kier alpha value is -2.29. The Labute approximate surface area is 185 Å². The molecule has 0 bridgehead atoms. The predicted molar refractivity (Wildman–Crippen MR) is 123 cm³/mol. The maximum absolute atomic E-state index is 13.4. The number of carbonyl (C=O) groups is 1. The summed E-state index contributed by atoms with van der Waals surface area (Å²) in [7, 11) is 0. The van der Waals surface area contributed by atoms with E-state index < -0.39 is 0 Å². The Balaban J connectivity index is 1.41. The highest BCUT2D eigenvalue weighted by molar-refractivity contribution is 6.00. The summed E-state index contributed by atoms with van der Waals surface area (Å²) in [4.78, 5) is 13.4. The molecule has 2 aromatic rings. The van der Waals surface area contributed by atoms with Crippen molar-refractivity contribution < 1.29 is 15.0 Å². The first-order chi connectivity index (χ1) is 15.0. The van der Waals surface area contributed by atoms with Crippen molar-refractivity contribution in [1.29, 1.82) is 0 Å².